The fourth-order valence-corrected chi connectivity index (χ4v) is 2.60. The lowest BCUT2D eigenvalue weighted by Gasteiger charge is -2.25. The molecule has 1 heterocycles. The van der Waals surface area contributed by atoms with E-state index in [0.717, 1.165) is 0 Å². The number of methoxy groups -OCH3 is 1. The molecule has 0 aliphatic rings. The van der Waals surface area contributed by atoms with Crippen molar-refractivity contribution in [1.29, 1.82) is 0 Å². The Morgan fingerprint density at radius 2 is 2.08 bits per heavy atom. The summed E-state index contributed by atoms with van der Waals surface area (Å²) in [5, 5.41) is 3.85. The number of aromatic nitrogens is 1. The number of amides is 1. The molecule has 0 saturated carbocycles. The molecule has 2 aromatic rings. The minimum Gasteiger partial charge on any atom is -0.468 e. The fourth-order valence-electron chi connectivity index (χ4n) is 2.60. The molecule has 24 heavy (non-hydrogen) atoms. The molecule has 0 aliphatic heterocycles. The Kier molecular flexibility index (Phi) is 5.33. The number of esters is 1. The van der Waals surface area contributed by atoms with Crippen LogP contribution in [0.4, 0.5) is 10.1 Å². The molecule has 0 aliphatic carbocycles. The largest absolute Gasteiger partial charge is 0.468 e. The zero-order chi connectivity index (χ0) is 17.9. The first-order chi connectivity index (χ1) is 11.3. The summed E-state index contributed by atoms with van der Waals surface area (Å²) in [6.45, 7) is 4.83. The van der Waals surface area contributed by atoms with E-state index in [4.69, 9.17) is 4.52 Å². The topological polar surface area (TPSA) is 72.6 Å². The molecular formula is C17H19FN2O4. The van der Waals surface area contributed by atoms with Crippen LogP contribution in [0.5, 0.6) is 0 Å². The Hall–Kier alpha value is -2.70. The Labute approximate surface area is 139 Å². The molecule has 0 fully saturated rings. The number of halogens is 1. The quantitative estimate of drug-likeness (QED) is 0.786. The maximum atomic E-state index is 13.5. The molecule has 0 saturated heterocycles. The average Bonchev–Trinajstić information content (AvgIpc) is 2.89. The van der Waals surface area contributed by atoms with Crippen LogP contribution in [0.25, 0.3) is 0 Å². The van der Waals surface area contributed by atoms with Crippen molar-refractivity contribution < 1.29 is 23.2 Å². The maximum absolute atomic E-state index is 13.5. The van der Waals surface area contributed by atoms with Crippen LogP contribution in [0, 0.1) is 19.7 Å². The lowest BCUT2D eigenvalue weighted by molar-refractivity contribution is -0.140. The third-order valence-electron chi connectivity index (χ3n) is 3.79. The molecule has 0 bridgehead atoms. The summed E-state index contributed by atoms with van der Waals surface area (Å²) in [6.07, 6.45) is 0. The first-order valence-corrected chi connectivity index (χ1v) is 7.41. The van der Waals surface area contributed by atoms with Crippen LogP contribution >= 0.6 is 0 Å². The summed E-state index contributed by atoms with van der Waals surface area (Å²) in [7, 11) is 1.23. The van der Waals surface area contributed by atoms with Gasteiger partial charge < -0.3 is 14.2 Å². The SMILES string of the molecule is COC(=O)CN(C(=O)[C@H](C)c1c(C)noc1C)c1cccc(F)c1. The minimum atomic E-state index is -0.607. The van der Waals surface area contributed by atoms with E-state index in [1.165, 1.54) is 30.2 Å². The number of carbonyl (C=O) groups excluding carboxylic acids is 2. The summed E-state index contributed by atoms with van der Waals surface area (Å²) in [6, 6.07) is 5.50. The maximum Gasteiger partial charge on any atom is 0.325 e. The van der Waals surface area contributed by atoms with Crippen LogP contribution in [0.3, 0.4) is 0 Å². The molecule has 7 heteroatoms. The molecule has 0 radical (unpaired) electrons. The van der Waals surface area contributed by atoms with Gasteiger partial charge in [0.25, 0.3) is 0 Å². The van der Waals surface area contributed by atoms with E-state index >= 15 is 0 Å². The number of nitrogens with zero attached hydrogens (tertiary/aromatic N) is 2. The predicted octanol–water partition coefficient (Wildman–Crippen LogP) is 2.74. The molecule has 0 unspecified atom stereocenters. The molecule has 2 rings (SSSR count). The molecule has 6 nitrogen and oxygen atoms in total. The predicted molar refractivity (Wildman–Crippen MR) is 85.2 cm³/mol. The van der Waals surface area contributed by atoms with Gasteiger partial charge in [-0.05, 0) is 39.0 Å². The van der Waals surface area contributed by atoms with E-state index in [1.54, 1.807) is 26.8 Å². The van der Waals surface area contributed by atoms with Crippen molar-refractivity contribution in [3.05, 3.63) is 47.1 Å². The summed E-state index contributed by atoms with van der Waals surface area (Å²) >= 11 is 0. The third kappa shape index (κ3) is 3.61. The van der Waals surface area contributed by atoms with Crippen molar-refractivity contribution in [2.45, 2.75) is 26.7 Å². The van der Waals surface area contributed by atoms with Crippen molar-refractivity contribution in [1.82, 2.24) is 5.16 Å². The zero-order valence-electron chi connectivity index (χ0n) is 14.0. The minimum absolute atomic E-state index is 0.281. The number of carbonyl (C=O) groups is 2. The van der Waals surface area contributed by atoms with Gasteiger partial charge in [-0.1, -0.05) is 11.2 Å². The van der Waals surface area contributed by atoms with Gasteiger partial charge in [0.05, 0.1) is 18.7 Å². The highest BCUT2D eigenvalue weighted by molar-refractivity contribution is 6.01. The number of benzene rings is 1. The first-order valence-electron chi connectivity index (χ1n) is 7.41. The van der Waals surface area contributed by atoms with E-state index in [9.17, 15) is 14.0 Å². The monoisotopic (exact) mass is 334 g/mol. The van der Waals surface area contributed by atoms with Crippen molar-refractivity contribution >= 4 is 17.6 Å². The van der Waals surface area contributed by atoms with Gasteiger partial charge in [0.2, 0.25) is 5.91 Å². The van der Waals surface area contributed by atoms with Gasteiger partial charge >= 0.3 is 5.97 Å². The number of rotatable bonds is 5. The number of hydrogen-bond donors (Lipinski definition) is 0. The first kappa shape index (κ1) is 17.7. The summed E-state index contributed by atoms with van der Waals surface area (Å²) < 4.78 is 23.3. The molecule has 1 aromatic heterocycles. The Morgan fingerprint density at radius 3 is 2.62 bits per heavy atom. The van der Waals surface area contributed by atoms with Crippen LogP contribution in [0.2, 0.25) is 0 Å². The Morgan fingerprint density at radius 1 is 1.38 bits per heavy atom. The van der Waals surface area contributed by atoms with Crippen molar-refractivity contribution in [2.75, 3.05) is 18.6 Å². The van der Waals surface area contributed by atoms with E-state index in [-0.39, 0.29) is 18.1 Å². The molecule has 128 valence electrons. The van der Waals surface area contributed by atoms with Crippen LogP contribution in [-0.2, 0) is 14.3 Å². The number of hydrogen-bond acceptors (Lipinski definition) is 5. The standard InChI is InChI=1S/C17H19FN2O4/c1-10(16-11(2)19-24-12(16)3)17(22)20(9-15(21)23-4)14-7-5-6-13(18)8-14/h5-8,10H,9H2,1-4H3/t10-/m1/s1. The van der Waals surface area contributed by atoms with Crippen molar-refractivity contribution in [3.63, 3.8) is 0 Å². The number of anilines is 1. The lowest BCUT2D eigenvalue weighted by Crippen LogP contribution is -2.39. The van der Waals surface area contributed by atoms with Gasteiger partial charge in [-0.2, -0.15) is 0 Å². The average molecular weight is 334 g/mol. The highest BCUT2D eigenvalue weighted by Gasteiger charge is 2.29. The highest BCUT2D eigenvalue weighted by Crippen LogP contribution is 2.27. The highest BCUT2D eigenvalue weighted by atomic mass is 19.1. The smallest absolute Gasteiger partial charge is 0.325 e. The number of aryl methyl sites for hydroxylation is 2. The Bertz CT molecular complexity index is 737. The van der Waals surface area contributed by atoms with Crippen LogP contribution in [0.1, 0.15) is 29.9 Å². The van der Waals surface area contributed by atoms with Gasteiger partial charge in [0, 0.05) is 11.3 Å². The van der Waals surface area contributed by atoms with Gasteiger partial charge in [-0.15, -0.1) is 0 Å². The summed E-state index contributed by atoms with van der Waals surface area (Å²) in [4.78, 5) is 25.8. The molecule has 1 amide bonds. The van der Waals surface area contributed by atoms with Gasteiger partial charge in [0.15, 0.2) is 0 Å². The van der Waals surface area contributed by atoms with Gasteiger partial charge in [-0.3, -0.25) is 9.59 Å². The third-order valence-corrected chi connectivity index (χ3v) is 3.79. The summed E-state index contributed by atoms with van der Waals surface area (Å²) in [5.41, 5.74) is 1.54. The fraction of sp³-hybridized carbons (Fsp3) is 0.353. The lowest BCUT2D eigenvalue weighted by atomic mass is 9.97. The molecule has 1 atom stereocenters. The zero-order valence-corrected chi connectivity index (χ0v) is 14.0. The second-order valence-corrected chi connectivity index (χ2v) is 5.44. The second-order valence-electron chi connectivity index (χ2n) is 5.44. The van der Waals surface area contributed by atoms with E-state index in [2.05, 4.69) is 9.89 Å². The van der Waals surface area contributed by atoms with Gasteiger partial charge in [-0.25, -0.2) is 4.39 Å². The Balaban J connectivity index is 2.39. The van der Waals surface area contributed by atoms with E-state index in [0.29, 0.717) is 17.0 Å². The van der Waals surface area contributed by atoms with Crippen LogP contribution in [0.15, 0.2) is 28.8 Å². The van der Waals surface area contributed by atoms with Crippen LogP contribution in [-0.4, -0.2) is 30.7 Å². The molecule has 1 aromatic carbocycles. The normalized spacial score (nSPS) is 11.9. The molecule has 0 spiro atoms. The van der Waals surface area contributed by atoms with E-state index in [1.807, 2.05) is 0 Å². The van der Waals surface area contributed by atoms with Crippen molar-refractivity contribution in [3.8, 4) is 0 Å². The summed E-state index contributed by atoms with van der Waals surface area (Å²) in [5.74, 6) is -1.55. The number of ether oxygens (including phenoxy) is 1. The van der Waals surface area contributed by atoms with Crippen LogP contribution < -0.4 is 4.90 Å². The molecule has 0 N–H and O–H groups in total. The van der Waals surface area contributed by atoms with E-state index < -0.39 is 17.7 Å². The second kappa shape index (κ2) is 7.25. The molecular weight excluding hydrogens is 315 g/mol. The van der Waals surface area contributed by atoms with Gasteiger partial charge in [0.1, 0.15) is 18.1 Å². The van der Waals surface area contributed by atoms with Crippen molar-refractivity contribution in [2.24, 2.45) is 0 Å².